The summed E-state index contributed by atoms with van der Waals surface area (Å²) in [4.78, 5) is 15.7. The average Bonchev–Trinajstić information content (AvgIpc) is 2.63. The minimum Gasteiger partial charge on any atom is -0.505 e. The van der Waals surface area contributed by atoms with Crippen LogP contribution in [0.15, 0.2) is 35.6 Å². The van der Waals surface area contributed by atoms with Crippen molar-refractivity contribution < 1.29 is 28.2 Å². The Morgan fingerprint density at radius 1 is 1.37 bits per heavy atom. The summed E-state index contributed by atoms with van der Waals surface area (Å²) in [5.74, 6) is -0.791. The monoisotopic (exact) mass is 382 g/mol. The lowest BCUT2D eigenvalue weighted by molar-refractivity contribution is -0.137. The van der Waals surface area contributed by atoms with Crippen molar-refractivity contribution in [2.75, 3.05) is 11.9 Å². The molecule has 1 aromatic carbocycles. The van der Waals surface area contributed by atoms with E-state index in [0.29, 0.717) is 11.3 Å². The number of halogens is 3. The predicted molar refractivity (Wildman–Crippen MR) is 92.2 cm³/mol. The number of nitrogens with one attached hydrogen (secondary N) is 2. The maximum absolute atomic E-state index is 12.6. The number of amides is 1. The van der Waals surface area contributed by atoms with E-state index < -0.39 is 17.6 Å². The first-order chi connectivity index (χ1) is 12.7. The number of carbonyl (C=O) groups excluding carboxylic acids is 1. The second kappa shape index (κ2) is 8.49. The van der Waals surface area contributed by atoms with Gasteiger partial charge in [-0.25, -0.2) is 5.43 Å². The molecule has 1 aromatic heterocycles. The lowest BCUT2D eigenvalue weighted by atomic mass is 10.1. The zero-order valence-electron chi connectivity index (χ0n) is 14.2. The summed E-state index contributed by atoms with van der Waals surface area (Å²) in [6, 6.07) is 4.45. The molecule has 0 radical (unpaired) electrons. The number of aliphatic hydroxyl groups excluding tert-OH is 1. The van der Waals surface area contributed by atoms with E-state index in [0.717, 1.165) is 18.3 Å². The van der Waals surface area contributed by atoms with Crippen molar-refractivity contribution in [2.45, 2.75) is 19.7 Å². The number of carbonyl (C=O) groups is 1. The molecular weight excluding hydrogens is 365 g/mol. The van der Waals surface area contributed by atoms with Gasteiger partial charge in [-0.2, -0.15) is 18.3 Å². The maximum atomic E-state index is 12.6. The quantitative estimate of drug-likeness (QED) is 0.453. The Morgan fingerprint density at radius 3 is 2.78 bits per heavy atom. The number of pyridine rings is 1. The van der Waals surface area contributed by atoms with Crippen LogP contribution in [0, 0.1) is 6.92 Å². The molecule has 1 heterocycles. The third-order valence-corrected chi connectivity index (χ3v) is 3.55. The molecule has 0 atom stereocenters. The van der Waals surface area contributed by atoms with Gasteiger partial charge in [-0.15, -0.1) is 0 Å². The van der Waals surface area contributed by atoms with Crippen molar-refractivity contribution in [1.29, 1.82) is 0 Å². The molecule has 144 valence electrons. The number of anilines is 1. The van der Waals surface area contributed by atoms with Crippen LogP contribution in [0.3, 0.4) is 0 Å². The molecule has 10 heteroatoms. The van der Waals surface area contributed by atoms with Gasteiger partial charge in [0, 0.05) is 23.0 Å². The van der Waals surface area contributed by atoms with Crippen LogP contribution >= 0.6 is 0 Å². The van der Waals surface area contributed by atoms with Gasteiger partial charge in [0.25, 0.3) is 5.91 Å². The highest BCUT2D eigenvalue weighted by Gasteiger charge is 2.30. The normalized spacial score (nSPS) is 11.6. The Bertz CT molecular complexity index is 854. The Morgan fingerprint density at radius 2 is 2.11 bits per heavy atom. The van der Waals surface area contributed by atoms with Crippen molar-refractivity contribution in [1.82, 2.24) is 10.4 Å². The van der Waals surface area contributed by atoms with E-state index in [1.807, 2.05) is 0 Å². The minimum absolute atomic E-state index is 0.133. The number of nitrogens with zero attached hydrogens (tertiary/aromatic N) is 2. The largest absolute Gasteiger partial charge is 0.505 e. The lowest BCUT2D eigenvalue weighted by Gasteiger charge is -2.10. The number of alkyl halides is 3. The van der Waals surface area contributed by atoms with Crippen molar-refractivity contribution in [3.8, 4) is 5.75 Å². The first-order valence-corrected chi connectivity index (χ1v) is 7.73. The number of hydrogen-bond acceptors (Lipinski definition) is 6. The lowest BCUT2D eigenvalue weighted by Crippen LogP contribution is -2.26. The zero-order chi connectivity index (χ0) is 20.0. The van der Waals surface area contributed by atoms with Crippen LogP contribution in [0.4, 0.5) is 18.9 Å². The summed E-state index contributed by atoms with van der Waals surface area (Å²) in [6.45, 7) is 0.867. The third-order valence-electron chi connectivity index (χ3n) is 3.55. The number of aryl methyl sites for hydroxylation is 1. The van der Waals surface area contributed by atoms with Gasteiger partial charge >= 0.3 is 6.18 Å². The number of hydrazone groups is 1. The summed E-state index contributed by atoms with van der Waals surface area (Å²) < 4.78 is 37.9. The molecule has 0 fully saturated rings. The first kappa shape index (κ1) is 20.2. The molecule has 1 amide bonds. The summed E-state index contributed by atoms with van der Waals surface area (Å²) >= 11 is 0. The Hall–Kier alpha value is -3.14. The van der Waals surface area contributed by atoms with Crippen LogP contribution in [0.1, 0.15) is 22.4 Å². The first-order valence-electron chi connectivity index (χ1n) is 7.73. The summed E-state index contributed by atoms with van der Waals surface area (Å²) in [7, 11) is 0. The molecule has 27 heavy (non-hydrogen) atoms. The van der Waals surface area contributed by atoms with Gasteiger partial charge in [0.05, 0.1) is 30.6 Å². The molecule has 0 saturated carbocycles. The molecule has 7 nitrogen and oxygen atoms in total. The standard InChI is InChI=1S/C17H17F3N4O3/c1-10-16(27)14(11(9-25)6-21-10)7-23-24-15(26)8-22-13-4-2-3-12(5-13)17(18,19)20/h2-7,22,25,27H,8-9H2,1H3,(H,24,26)/b23-7-. The Labute approximate surface area is 152 Å². The number of rotatable bonds is 6. The topological polar surface area (TPSA) is 107 Å². The third kappa shape index (κ3) is 5.42. The molecule has 4 N–H and O–H groups in total. The van der Waals surface area contributed by atoms with Crippen LogP contribution in [0.25, 0.3) is 0 Å². The highest BCUT2D eigenvalue weighted by Crippen LogP contribution is 2.30. The summed E-state index contributed by atoms with van der Waals surface area (Å²) in [6.07, 6.45) is -1.95. The zero-order valence-corrected chi connectivity index (χ0v) is 14.2. The van der Waals surface area contributed by atoms with Crippen molar-refractivity contribution in [3.05, 3.63) is 52.8 Å². The van der Waals surface area contributed by atoms with Gasteiger partial charge in [0.2, 0.25) is 0 Å². The van der Waals surface area contributed by atoms with E-state index in [1.165, 1.54) is 18.3 Å². The second-order valence-electron chi connectivity index (χ2n) is 5.51. The Kier molecular flexibility index (Phi) is 6.35. The maximum Gasteiger partial charge on any atom is 0.416 e. The smallest absolute Gasteiger partial charge is 0.416 e. The molecule has 0 aliphatic carbocycles. The van der Waals surface area contributed by atoms with Crippen molar-refractivity contribution >= 4 is 17.8 Å². The molecule has 2 rings (SSSR count). The van der Waals surface area contributed by atoms with E-state index >= 15 is 0 Å². The number of hydrogen-bond donors (Lipinski definition) is 4. The van der Waals surface area contributed by atoms with Crippen LogP contribution in [-0.2, 0) is 17.6 Å². The van der Waals surface area contributed by atoms with E-state index in [9.17, 15) is 28.2 Å². The van der Waals surface area contributed by atoms with E-state index in [4.69, 9.17) is 0 Å². The number of aromatic nitrogens is 1. The average molecular weight is 382 g/mol. The minimum atomic E-state index is -4.47. The van der Waals surface area contributed by atoms with Gasteiger partial charge in [-0.1, -0.05) is 6.07 Å². The number of aromatic hydroxyl groups is 1. The fourth-order valence-electron chi connectivity index (χ4n) is 2.12. The van der Waals surface area contributed by atoms with Crippen LogP contribution in [0.5, 0.6) is 5.75 Å². The van der Waals surface area contributed by atoms with Crippen LogP contribution < -0.4 is 10.7 Å². The number of aliphatic hydroxyl groups is 1. The van der Waals surface area contributed by atoms with Gasteiger partial charge in [-0.05, 0) is 25.1 Å². The van der Waals surface area contributed by atoms with E-state index in [1.54, 1.807) is 6.92 Å². The van der Waals surface area contributed by atoms with Crippen LogP contribution in [0.2, 0.25) is 0 Å². The molecule has 0 unspecified atom stereocenters. The van der Waals surface area contributed by atoms with Crippen LogP contribution in [-0.4, -0.2) is 33.9 Å². The SMILES string of the molecule is Cc1ncc(CO)c(/C=N\NC(=O)CNc2cccc(C(F)(F)F)c2)c1O. The fourth-order valence-corrected chi connectivity index (χ4v) is 2.12. The van der Waals surface area contributed by atoms with Crippen molar-refractivity contribution in [3.63, 3.8) is 0 Å². The highest BCUT2D eigenvalue weighted by molar-refractivity contribution is 5.87. The number of benzene rings is 1. The van der Waals surface area contributed by atoms with Gasteiger partial charge in [0.1, 0.15) is 5.75 Å². The summed E-state index contributed by atoms with van der Waals surface area (Å²) in [5.41, 5.74) is 2.33. The molecule has 2 aromatic rings. The van der Waals surface area contributed by atoms with E-state index in [2.05, 4.69) is 20.8 Å². The van der Waals surface area contributed by atoms with Gasteiger partial charge in [0.15, 0.2) is 0 Å². The van der Waals surface area contributed by atoms with E-state index in [-0.39, 0.29) is 30.2 Å². The Balaban J connectivity index is 1.96. The molecule has 0 saturated heterocycles. The molecule has 0 aliphatic rings. The van der Waals surface area contributed by atoms with Gasteiger partial charge in [-0.3, -0.25) is 9.78 Å². The molecular formula is C17H17F3N4O3. The molecule has 0 spiro atoms. The summed E-state index contributed by atoms with van der Waals surface area (Å²) in [5, 5.41) is 25.4. The fraction of sp³-hybridized carbons (Fsp3) is 0.235. The second-order valence-corrected chi connectivity index (χ2v) is 5.51. The highest BCUT2D eigenvalue weighted by atomic mass is 19.4. The molecule has 0 aliphatic heterocycles. The predicted octanol–water partition coefficient (Wildman–Crippen LogP) is 2.17. The van der Waals surface area contributed by atoms with Crippen molar-refractivity contribution in [2.24, 2.45) is 5.10 Å². The molecule has 0 bridgehead atoms. The van der Waals surface area contributed by atoms with Gasteiger partial charge < -0.3 is 15.5 Å².